The maximum Gasteiger partial charge on any atom is 0.155 e. The van der Waals surface area contributed by atoms with Crippen LogP contribution in [0.2, 0.25) is 0 Å². The van der Waals surface area contributed by atoms with Crippen molar-refractivity contribution in [3.05, 3.63) is 0 Å². The molecule has 13 heavy (non-hydrogen) atoms. The number of rotatable bonds is 8. The van der Waals surface area contributed by atoms with Gasteiger partial charge in [-0.15, -0.1) is 0 Å². The highest BCUT2D eigenvalue weighted by molar-refractivity contribution is 5.76. The molecule has 0 radical (unpaired) electrons. The van der Waals surface area contributed by atoms with Crippen LogP contribution in [0.5, 0.6) is 0 Å². The Morgan fingerprint density at radius 2 is 2.15 bits per heavy atom. The number of carbonyl (C=O) groups is 1. The predicted molar refractivity (Wildman–Crippen MR) is 51.8 cm³/mol. The predicted octanol–water partition coefficient (Wildman–Crippen LogP) is 1.80. The Kier molecular flexibility index (Phi) is 7.94. The van der Waals surface area contributed by atoms with Gasteiger partial charge in [-0.1, -0.05) is 13.3 Å². The van der Waals surface area contributed by atoms with Gasteiger partial charge < -0.3 is 9.47 Å². The third kappa shape index (κ3) is 9.50. The van der Waals surface area contributed by atoms with E-state index in [4.69, 9.17) is 9.47 Å². The van der Waals surface area contributed by atoms with Crippen molar-refractivity contribution in [1.29, 1.82) is 0 Å². The van der Waals surface area contributed by atoms with Gasteiger partial charge >= 0.3 is 0 Å². The molecule has 0 N–H and O–H groups in total. The molecule has 78 valence electrons. The molecule has 1 atom stereocenters. The van der Waals surface area contributed by atoms with Crippen LogP contribution >= 0.6 is 0 Å². The molecule has 0 aromatic heterocycles. The molecule has 0 spiro atoms. The molecule has 0 aliphatic rings. The van der Waals surface area contributed by atoms with Gasteiger partial charge in [0.15, 0.2) is 5.78 Å². The first-order valence-electron chi connectivity index (χ1n) is 4.85. The van der Waals surface area contributed by atoms with Crippen molar-refractivity contribution in [2.45, 2.75) is 39.7 Å². The van der Waals surface area contributed by atoms with E-state index >= 15 is 0 Å². The first-order valence-corrected chi connectivity index (χ1v) is 4.85. The Bertz CT molecular complexity index is 134. The fourth-order valence-electron chi connectivity index (χ4n) is 0.803. The Morgan fingerprint density at radius 3 is 2.69 bits per heavy atom. The topological polar surface area (TPSA) is 35.5 Å². The number of hydrogen-bond acceptors (Lipinski definition) is 3. The van der Waals surface area contributed by atoms with Crippen molar-refractivity contribution in [3.63, 3.8) is 0 Å². The van der Waals surface area contributed by atoms with Crippen LogP contribution in [-0.2, 0) is 14.3 Å². The minimum absolute atomic E-state index is 0.0146. The molecule has 0 unspecified atom stereocenters. The Hall–Kier alpha value is -0.410. The van der Waals surface area contributed by atoms with Crippen LogP contribution in [0.1, 0.15) is 33.6 Å². The van der Waals surface area contributed by atoms with Gasteiger partial charge in [-0.05, 0) is 20.3 Å². The van der Waals surface area contributed by atoms with E-state index in [1.54, 1.807) is 0 Å². The summed E-state index contributed by atoms with van der Waals surface area (Å²) in [5.74, 6) is 0.0559. The molecule has 3 nitrogen and oxygen atoms in total. The molecule has 0 rings (SSSR count). The van der Waals surface area contributed by atoms with Gasteiger partial charge in [0.05, 0.1) is 12.7 Å². The summed E-state index contributed by atoms with van der Waals surface area (Å²) in [6.45, 7) is 7.11. The molecule has 0 aliphatic carbocycles. The summed E-state index contributed by atoms with van der Waals surface area (Å²) in [6, 6.07) is 0. The first-order chi connectivity index (χ1) is 6.16. The summed E-state index contributed by atoms with van der Waals surface area (Å²) in [6.07, 6.45) is 2.24. The second-order valence-corrected chi connectivity index (χ2v) is 3.25. The highest BCUT2D eigenvalue weighted by atomic mass is 16.5. The number of carbonyl (C=O) groups excluding carboxylic acids is 1. The number of Topliss-reactive ketones (excluding diaryl/α,β-unsaturated/α-hetero) is 1. The van der Waals surface area contributed by atoms with E-state index in [1.165, 1.54) is 6.92 Å². The van der Waals surface area contributed by atoms with Gasteiger partial charge in [-0.25, -0.2) is 0 Å². The van der Waals surface area contributed by atoms with Gasteiger partial charge in [0.1, 0.15) is 6.61 Å². The molecule has 0 saturated heterocycles. The number of ether oxygens (including phenoxy) is 2. The molecular weight excluding hydrogens is 168 g/mol. The Balaban J connectivity index is 3.19. The molecule has 0 bridgehead atoms. The summed E-state index contributed by atoms with van der Waals surface area (Å²) in [5.41, 5.74) is 0. The van der Waals surface area contributed by atoms with Crippen molar-refractivity contribution in [2.24, 2.45) is 0 Å². The van der Waals surface area contributed by atoms with Crippen molar-refractivity contribution in [2.75, 3.05) is 19.8 Å². The van der Waals surface area contributed by atoms with Crippen molar-refractivity contribution >= 4 is 5.78 Å². The standard InChI is InChI=1S/C10H20O3/c1-4-5-6-12-8-10(3)13-7-9(2)11/h10H,4-8H2,1-3H3/t10-/m0/s1. The van der Waals surface area contributed by atoms with Gasteiger partial charge in [-0.3, -0.25) is 4.79 Å². The molecule has 3 heteroatoms. The van der Waals surface area contributed by atoms with Gasteiger partial charge in [0, 0.05) is 6.61 Å². The average molecular weight is 188 g/mol. The minimum Gasteiger partial charge on any atom is -0.379 e. The summed E-state index contributed by atoms with van der Waals surface area (Å²) >= 11 is 0. The van der Waals surface area contributed by atoms with E-state index < -0.39 is 0 Å². The lowest BCUT2D eigenvalue weighted by Crippen LogP contribution is -2.19. The van der Waals surface area contributed by atoms with E-state index in [0.717, 1.165) is 19.4 Å². The summed E-state index contributed by atoms with van der Waals surface area (Å²) in [5, 5.41) is 0. The van der Waals surface area contributed by atoms with Crippen LogP contribution in [0.25, 0.3) is 0 Å². The van der Waals surface area contributed by atoms with Crippen LogP contribution in [0.3, 0.4) is 0 Å². The van der Waals surface area contributed by atoms with E-state index in [1.807, 2.05) is 6.92 Å². The summed E-state index contributed by atoms with van der Waals surface area (Å²) < 4.78 is 10.5. The molecule has 0 aromatic rings. The average Bonchev–Trinajstić information content (AvgIpc) is 2.09. The Morgan fingerprint density at radius 1 is 1.46 bits per heavy atom. The largest absolute Gasteiger partial charge is 0.379 e. The number of hydrogen-bond donors (Lipinski definition) is 0. The monoisotopic (exact) mass is 188 g/mol. The van der Waals surface area contributed by atoms with E-state index in [9.17, 15) is 4.79 Å². The molecule has 0 aliphatic heterocycles. The van der Waals surface area contributed by atoms with E-state index in [0.29, 0.717) is 6.61 Å². The molecule has 0 saturated carbocycles. The number of ketones is 1. The SMILES string of the molecule is CCCCOC[C@H](C)OCC(C)=O. The van der Waals surface area contributed by atoms with E-state index in [2.05, 4.69) is 6.92 Å². The summed E-state index contributed by atoms with van der Waals surface area (Å²) in [7, 11) is 0. The lowest BCUT2D eigenvalue weighted by atomic mass is 10.3. The van der Waals surface area contributed by atoms with Crippen LogP contribution in [-0.4, -0.2) is 31.7 Å². The second kappa shape index (κ2) is 8.20. The van der Waals surface area contributed by atoms with Gasteiger partial charge in [-0.2, -0.15) is 0 Å². The minimum atomic E-state index is 0.0146. The highest BCUT2D eigenvalue weighted by Crippen LogP contribution is 1.94. The quantitative estimate of drug-likeness (QED) is 0.545. The summed E-state index contributed by atoms with van der Waals surface area (Å²) in [4.78, 5) is 10.6. The lowest BCUT2D eigenvalue weighted by Gasteiger charge is -2.11. The lowest BCUT2D eigenvalue weighted by molar-refractivity contribution is -0.124. The van der Waals surface area contributed by atoms with Crippen molar-refractivity contribution in [1.82, 2.24) is 0 Å². The normalized spacial score (nSPS) is 12.8. The highest BCUT2D eigenvalue weighted by Gasteiger charge is 2.03. The number of unbranched alkanes of at least 4 members (excludes halogenated alkanes) is 1. The van der Waals surface area contributed by atoms with E-state index in [-0.39, 0.29) is 18.5 Å². The fraction of sp³-hybridized carbons (Fsp3) is 0.900. The maximum atomic E-state index is 10.6. The fourth-order valence-corrected chi connectivity index (χ4v) is 0.803. The molecular formula is C10H20O3. The third-order valence-corrected chi connectivity index (χ3v) is 1.57. The maximum absolute atomic E-state index is 10.6. The van der Waals surface area contributed by atoms with Crippen molar-refractivity contribution < 1.29 is 14.3 Å². The second-order valence-electron chi connectivity index (χ2n) is 3.25. The zero-order valence-electron chi connectivity index (χ0n) is 8.84. The molecule has 0 amide bonds. The van der Waals surface area contributed by atoms with Crippen LogP contribution in [0.15, 0.2) is 0 Å². The Labute approximate surface area is 80.4 Å². The van der Waals surface area contributed by atoms with Gasteiger partial charge in [0.25, 0.3) is 0 Å². The van der Waals surface area contributed by atoms with Crippen molar-refractivity contribution in [3.8, 4) is 0 Å². The zero-order chi connectivity index (χ0) is 10.1. The van der Waals surface area contributed by atoms with Crippen LogP contribution in [0.4, 0.5) is 0 Å². The van der Waals surface area contributed by atoms with Crippen LogP contribution in [0, 0.1) is 0 Å². The van der Waals surface area contributed by atoms with Gasteiger partial charge in [0.2, 0.25) is 0 Å². The van der Waals surface area contributed by atoms with Crippen LogP contribution < -0.4 is 0 Å². The zero-order valence-corrected chi connectivity index (χ0v) is 8.84. The first kappa shape index (κ1) is 12.6. The molecule has 0 aromatic carbocycles. The smallest absolute Gasteiger partial charge is 0.155 e. The molecule has 0 fully saturated rings. The molecule has 0 heterocycles. The third-order valence-electron chi connectivity index (χ3n) is 1.57.